The Morgan fingerprint density at radius 3 is 2.95 bits per heavy atom. The van der Waals surface area contributed by atoms with E-state index in [0.717, 1.165) is 36.3 Å². The Morgan fingerprint density at radius 2 is 2.23 bits per heavy atom. The number of nitrogens with one attached hydrogen (secondary N) is 1. The highest BCUT2D eigenvalue weighted by atomic mass is 32.2. The largest absolute Gasteiger partial charge is 0.448 e. The third-order valence-electron chi connectivity index (χ3n) is 2.72. The van der Waals surface area contributed by atoms with Crippen molar-refractivity contribution in [3.63, 3.8) is 0 Å². The average Bonchev–Trinajstić information content (AvgIpc) is 2.65. The van der Waals surface area contributed by atoms with Crippen LogP contribution in [0.3, 0.4) is 0 Å². The third kappa shape index (κ3) is 12.4. The van der Waals surface area contributed by atoms with Crippen LogP contribution in [0.1, 0.15) is 28.2 Å². The highest BCUT2D eigenvalue weighted by molar-refractivity contribution is 8.04. The van der Waals surface area contributed by atoms with Crippen molar-refractivity contribution in [1.82, 2.24) is 5.32 Å². The van der Waals surface area contributed by atoms with Crippen LogP contribution in [-0.4, -0.2) is 58.1 Å². The number of rotatable bonds is 8. The minimum atomic E-state index is -0.376. The van der Waals surface area contributed by atoms with Crippen molar-refractivity contribution in [3.8, 4) is 0 Å². The first-order valence-electron chi connectivity index (χ1n) is 7.06. The van der Waals surface area contributed by atoms with E-state index in [9.17, 15) is 4.79 Å². The molecular weight excluding hydrogens is 334 g/mol. The van der Waals surface area contributed by atoms with Gasteiger partial charge >= 0.3 is 6.09 Å². The standard InChI is InChI=1S/C13H25NO3S2Si.2CH4/c1-3-17-20-6-4-5-14-13(15)16-7-12-10-18-8-11(2)9-19-12;;/h12H,2-10,20H2,1H3,(H,14,15);2*1H4. The van der Waals surface area contributed by atoms with Gasteiger partial charge in [0.15, 0.2) is 9.76 Å². The Kier molecular flexibility index (Phi) is 17.3. The lowest BCUT2D eigenvalue weighted by Crippen LogP contribution is -2.28. The maximum atomic E-state index is 11.5. The first-order chi connectivity index (χ1) is 9.72. The Balaban J connectivity index is 0. The van der Waals surface area contributed by atoms with Crippen LogP contribution in [0, 0.1) is 0 Å². The number of amides is 1. The Labute approximate surface area is 147 Å². The van der Waals surface area contributed by atoms with Gasteiger partial charge in [0.05, 0.1) is 0 Å². The lowest BCUT2D eigenvalue weighted by molar-refractivity contribution is 0.148. The number of thioether (sulfide) groups is 2. The summed E-state index contributed by atoms with van der Waals surface area (Å²) >= 11 is 3.71. The van der Waals surface area contributed by atoms with E-state index in [-0.39, 0.29) is 30.7 Å². The summed E-state index contributed by atoms with van der Waals surface area (Å²) in [4.78, 5) is 11.5. The quantitative estimate of drug-likeness (QED) is 0.405. The molecular formula is C15H33NO3S2Si. The minimum absolute atomic E-state index is 0. The van der Waals surface area contributed by atoms with E-state index in [1.807, 2.05) is 30.4 Å². The molecule has 0 spiro atoms. The van der Waals surface area contributed by atoms with Crippen molar-refractivity contribution in [2.24, 2.45) is 0 Å². The number of carbonyl (C=O) groups excluding carboxylic acids is 1. The molecule has 1 saturated heterocycles. The normalized spacial score (nSPS) is 18.2. The van der Waals surface area contributed by atoms with Gasteiger partial charge < -0.3 is 14.5 Å². The van der Waals surface area contributed by atoms with Crippen LogP contribution in [0.2, 0.25) is 6.04 Å². The smallest absolute Gasteiger partial charge is 0.407 e. The van der Waals surface area contributed by atoms with E-state index in [4.69, 9.17) is 9.16 Å². The predicted octanol–water partition coefficient (Wildman–Crippen LogP) is 3.32. The second-order valence-electron chi connectivity index (χ2n) is 4.63. The van der Waals surface area contributed by atoms with E-state index in [1.54, 1.807) is 0 Å². The van der Waals surface area contributed by atoms with Gasteiger partial charge in [0, 0.05) is 35.7 Å². The monoisotopic (exact) mass is 367 g/mol. The highest BCUT2D eigenvalue weighted by Crippen LogP contribution is 2.25. The summed E-state index contributed by atoms with van der Waals surface area (Å²) in [5, 5.41) is 3.18. The van der Waals surface area contributed by atoms with Gasteiger partial charge in [-0.15, -0.1) is 11.8 Å². The zero-order valence-electron chi connectivity index (χ0n) is 12.2. The Hall–Kier alpha value is -0.113. The molecule has 1 fully saturated rings. The zero-order chi connectivity index (χ0) is 14.6. The Morgan fingerprint density at radius 1 is 1.45 bits per heavy atom. The fourth-order valence-corrected chi connectivity index (χ4v) is 5.00. The van der Waals surface area contributed by atoms with Crippen molar-refractivity contribution >= 4 is 39.4 Å². The summed E-state index contributed by atoms with van der Waals surface area (Å²) < 4.78 is 10.6. The van der Waals surface area contributed by atoms with Crippen LogP contribution in [-0.2, 0) is 9.16 Å². The number of hydrogen-bond acceptors (Lipinski definition) is 5. The molecule has 132 valence electrons. The SMILES string of the molecule is C.C.C=C1CSCC(COC(=O)NCCC[SiH2]OCC)SC1. The number of carbonyl (C=O) groups is 1. The molecule has 1 atom stereocenters. The van der Waals surface area contributed by atoms with Gasteiger partial charge in [-0.1, -0.05) is 27.0 Å². The van der Waals surface area contributed by atoms with Crippen molar-refractivity contribution in [3.05, 3.63) is 12.2 Å². The van der Waals surface area contributed by atoms with Gasteiger partial charge in [0.1, 0.15) is 6.61 Å². The van der Waals surface area contributed by atoms with Crippen LogP contribution < -0.4 is 5.32 Å². The molecule has 1 aliphatic heterocycles. The number of alkyl carbamates (subject to hydrolysis) is 1. The fraction of sp³-hybridized carbons (Fsp3) is 0.800. The summed E-state index contributed by atoms with van der Waals surface area (Å²) in [7, 11) is -0.376. The minimum Gasteiger partial charge on any atom is -0.448 e. The summed E-state index contributed by atoms with van der Waals surface area (Å²) in [6.45, 7) is 8.01. The molecule has 22 heavy (non-hydrogen) atoms. The van der Waals surface area contributed by atoms with Gasteiger partial charge in [0.2, 0.25) is 0 Å². The molecule has 1 amide bonds. The van der Waals surface area contributed by atoms with E-state index in [2.05, 4.69) is 11.9 Å². The van der Waals surface area contributed by atoms with Crippen molar-refractivity contribution in [2.75, 3.05) is 37.0 Å². The van der Waals surface area contributed by atoms with Gasteiger partial charge in [-0.25, -0.2) is 4.79 Å². The van der Waals surface area contributed by atoms with Crippen LogP contribution in [0.4, 0.5) is 4.79 Å². The molecule has 0 aromatic heterocycles. The third-order valence-corrected chi connectivity index (χ3v) is 7.02. The summed E-state index contributed by atoms with van der Waals surface area (Å²) in [6, 6.07) is 1.10. The van der Waals surface area contributed by atoms with Crippen molar-refractivity contribution < 1.29 is 14.0 Å². The zero-order valence-corrected chi connectivity index (χ0v) is 15.2. The number of ether oxygens (including phenoxy) is 1. The summed E-state index contributed by atoms with van der Waals surface area (Å²) in [5.74, 6) is 3.03. The first-order valence-corrected chi connectivity index (χ1v) is 10.8. The molecule has 1 N–H and O–H groups in total. The predicted molar refractivity (Wildman–Crippen MR) is 105 cm³/mol. The molecule has 1 heterocycles. The molecule has 0 saturated carbocycles. The average molecular weight is 368 g/mol. The molecule has 0 bridgehead atoms. The molecule has 1 unspecified atom stereocenters. The molecule has 0 aromatic rings. The van der Waals surface area contributed by atoms with Gasteiger partial charge in [-0.2, -0.15) is 11.8 Å². The van der Waals surface area contributed by atoms with Crippen LogP contribution in [0.25, 0.3) is 0 Å². The number of hydrogen-bond donors (Lipinski definition) is 1. The van der Waals surface area contributed by atoms with Crippen molar-refractivity contribution in [2.45, 2.75) is 39.5 Å². The molecule has 0 aliphatic carbocycles. The van der Waals surface area contributed by atoms with E-state index < -0.39 is 0 Å². The maximum Gasteiger partial charge on any atom is 0.407 e. The van der Waals surface area contributed by atoms with E-state index in [1.165, 1.54) is 5.57 Å². The van der Waals surface area contributed by atoms with Gasteiger partial charge in [-0.05, 0) is 19.4 Å². The van der Waals surface area contributed by atoms with Gasteiger partial charge in [0.25, 0.3) is 0 Å². The Bertz CT molecular complexity index is 307. The lowest BCUT2D eigenvalue weighted by Gasteiger charge is -2.13. The highest BCUT2D eigenvalue weighted by Gasteiger charge is 2.16. The topological polar surface area (TPSA) is 47.6 Å². The van der Waals surface area contributed by atoms with Crippen LogP contribution in [0.15, 0.2) is 12.2 Å². The van der Waals surface area contributed by atoms with Crippen LogP contribution in [0.5, 0.6) is 0 Å². The second-order valence-corrected chi connectivity index (χ2v) is 8.47. The fourth-order valence-electron chi connectivity index (χ4n) is 1.64. The summed E-state index contributed by atoms with van der Waals surface area (Å²) in [6.07, 6.45) is 0.687. The molecule has 1 aliphatic rings. The molecule has 1 rings (SSSR count). The van der Waals surface area contributed by atoms with E-state index >= 15 is 0 Å². The molecule has 0 aromatic carbocycles. The molecule has 4 nitrogen and oxygen atoms in total. The second kappa shape index (κ2) is 15.8. The van der Waals surface area contributed by atoms with E-state index in [0.29, 0.717) is 18.4 Å². The molecule has 7 heteroatoms. The van der Waals surface area contributed by atoms with Gasteiger partial charge in [-0.3, -0.25) is 0 Å². The first kappa shape index (κ1) is 24.1. The van der Waals surface area contributed by atoms with Crippen molar-refractivity contribution in [1.29, 1.82) is 0 Å². The summed E-state index contributed by atoms with van der Waals surface area (Å²) in [5.41, 5.74) is 1.27. The molecule has 0 radical (unpaired) electrons. The lowest BCUT2D eigenvalue weighted by atomic mass is 10.4. The maximum absolute atomic E-state index is 11.5. The van der Waals surface area contributed by atoms with Crippen LogP contribution >= 0.6 is 23.5 Å².